The maximum absolute atomic E-state index is 2.28. The van der Waals surface area contributed by atoms with Crippen molar-refractivity contribution >= 4 is 0 Å². The van der Waals surface area contributed by atoms with E-state index in [9.17, 15) is 0 Å². The molecule has 0 aromatic heterocycles. The first-order chi connectivity index (χ1) is 3.38. The molecule has 1 atom stereocenters. The molecule has 2 aliphatic rings. The number of hydrogen-bond donors (Lipinski definition) is 0. The molecule has 0 heterocycles. The van der Waals surface area contributed by atoms with Crippen molar-refractivity contribution in [1.82, 2.24) is 0 Å². The van der Waals surface area contributed by atoms with Crippen LogP contribution in [-0.2, 0) is 0 Å². The van der Waals surface area contributed by atoms with Crippen molar-refractivity contribution in [3.63, 3.8) is 0 Å². The van der Waals surface area contributed by atoms with Gasteiger partial charge in [-0.15, -0.1) is 0 Å². The minimum Gasteiger partial charge on any atom is -0.0584 e. The highest BCUT2D eigenvalue weighted by Crippen LogP contribution is 2.41. The molecule has 0 aromatic rings. The highest BCUT2D eigenvalue weighted by Gasteiger charge is 2.26. The maximum Gasteiger partial charge on any atom is -0.0147 e. The molecule has 2 rings (SSSR count). The molecular weight excluding hydrogens is 84.1 g/mol. The summed E-state index contributed by atoms with van der Waals surface area (Å²) >= 11 is 0. The summed E-state index contributed by atoms with van der Waals surface area (Å²) in [4.78, 5) is 0. The summed E-state index contributed by atoms with van der Waals surface area (Å²) in [5, 5.41) is 0. The second-order valence-electron chi connectivity index (χ2n) is 2.42. The third-order valence-corrected chi connectivity index (χ3v) is 1.89. The number of allylic oxidation sites excluding steroid dienone is 4. The second-order valence-corrected chi connectivity index (χ2v) is 2.42. The van der Waals surface area contributed by atoms with Gasteiger partial charge < -0.3 is 0 Å². The average Bonchev–Trinajstić information content (AvgIpc) is 1.59. The van der Waals surface area contributed by atoms with E-state index in [1.54, 1.807) is 11.1 Å². The summed E-state index contributed by atoms with van der Waals surface area (Å²) in [6, 6.07) is 0. The Bertz CT molecular complexity index is 161. The normalized spacial score (nSPS) is 34.1. The molecule has 36 valence electrons. The molecule has 0 bridgehead atoms. The Morgan fingerprint density at radius 1 is 1.57 bits per heavy atom. The molecule has 0 fully saturated rings. The monoisotopic (exact) mass is 92.1 g/mol. The number of rotatable bonds is 0. The van der Waals surface area contributed by atoms with Crippen LogP contribution in [0.15, 0.2) is 23.3 Å². The van der Waals surface area contributed by atoms with Gasteiger partial charge in [0.2, 0.25) is 0 Å². The third kappa shape index (κ3) is 0.244. The van der Waals surface area contributed by atoms with Crippen LogP contribution in [0.1, 0.15) is 13.3 Å². The molecule has 0 spiro atoms. The van der Waals surface area contributed by atoms with E-state index >= 15 is 0 Å². The first-order valence-corrected chi connectivity index (χ1v) is 2.79. The SMILES string of the molecule is CC1CC2=C1C=C2. The lowest BCUT2D eigenvalue weighted by molar-refractivity contribution is 0.599. The molecule has 0 aliphatic heterocycles. The van der Waals surface area contributed by atoms with Gasteiger partial charge >= 0.3 is 0 Å². The van der Waals surface area contributed by atoms with Gasteiger partial charge in [0.25, 0.3) is 0 Å². The van der Waals surface area contributed by atoms with Crippen molar-refractivity contribution in [3.8, 4) is 0 Å². The van der Waals surface area contributed by atoms with Crippen LogP contribution >= 0.6 is 0 Å². The van der Waals surface area contributed by atoms with Crippen molar-refractivity contribution in [2.24, 2.45) is 5.92 Å². The Morgan fingerprint density at radius 2 is 2.43 bits per heavy atom. The third-order valence-electron chi connectivity index (χ3n) is 1.89. The Hall–Kier alpha value is -0.520. The lowest BCUT2D eigenvalue weighted by atomic mass is 9.72. The molecular formula is C7H8. The molecule has 0 saturated heterocycles. The minimum absolute atomic E-state index is 0.889. The Morgan fingerprint density at radius 3 is 2.43 bits per heavy atom. The molecule has 2 aliphatic carbocycles. The van der Waals surface area contributed by atoms with Gasteiger partial charge in [-0.25, -0.2) is 0 Å². The van der Waals surface area contributed by atoms with Crippen LogP contribution in [0.2, 0.25) is 0 Å². The molecule has 1 unspecified atom stereocenters. The lowest BCUT2D eigenvalue weighted by Gasteiger charge is -2.32. The Kier molecular flexibility index (Phi) is 0.415. The van der Waals surface area contributed by atoms with Crippen LogP contribution in [0.3, 0.4) is 0 Å². The molecule has 0 nitrogen and oxygen atoms in total. The zero-order valence-corrected chi connectivity index (χ0v) is 4.44. The molecule has 0 radical (unpaired) electrons. The van der Waals surface area contributed by atoms with Gasteiger partial charge in [-0.1, -0.05) is 19.1 Å². The van der Waals surface area contributed by atoms with Crippen molar-refractivity contribution in [2.75, 3.05) is 0 Å². The lowest BCUT2D eigenvalue weighted by Crippen LogP contribution is -2.17. The van der Waals surface area contributed by atoms with Crippen molar-refractivity contribution in [3.05, 3.63) is 23.3 Å². The summed E-state index contributed by atoms with van der Waals surface area (Å²) in [5.74, 6) is 0.889. The maximum atomic E-state index is 2.28. The summed E-state index contributed by atoms with van der Waals surface area (Å²) in [5.41, 5.74) is 3.22. The average molecular weight is 92.1 g/mol. The van der Waals surface area contributed by atoms with E-state index in [1.807, 2.05) is 0 Å². The zero-order valence-electron chi connectivity index (χ0n) is 4.44. The summed E-state index contributed by atoms with van der Waals surface area (Å²) < 4.78 is 0. The van der Waals surface area contributed by atoms with Crippen LogP contribution in [0, 0.1) is 5.92 Å². The van der Waals surface area contributed by atoms with Crippen molar-refractivity contribution < 1.29 is 0 Å². The summed E-state index contributed by atoms with van der Waals surface area (Å²) in [6.07, 6.45) is 5.78. The van der Waals surface area contributed by atoms with Crippen LogP contribution in [0.25, 0.3) is 0 Å². The summed E-state index contributed by atoms with van der Waals surface area (Å²) in [6.45, 7) is 2.28. The number of hydrogen-bond acceptors (Lipinski definition) is 0. The highest BCUT2D eigenvalue weighted by atomic mass is 14.3. The van der Waals surface area contributed by atoms with Crippen LogP contribution in [-0.4, -0.2) is 0 Å². The van der Waals surface area contributed by atoms with Gasteiger partial charge in [-0.2, -0.15) is 0 Å². The minimum atomic E-state index is 0.889. The van der Waals surface area contributed by atoms with Gasteiger partial charge in [0.15, 0.2) is 0 Å². The second kappa shape index (κ2) is 0.835. The summed E-state index contributed by atoms with van der Waals surface area (Å²) in [7, 11) is 0. The van der Waals surface area contributed by atoms with E-state index in [0.29, 0.717) is 0 Å². The Balaban J connectivity index is 2.32. The Labute approximate surface area is 43.5 Å². The van der Waals surface area contributed by atoms with Gasteiger partial charge in [-0.05, 0) is 23.5 Å². The fourth-order valence-corrected chi connectivity index (χ4v) is 1.27. The zero-order chi connectivity index (χ0) is 4.85. The molecule has 0 heteroatoms. The molecule has 0 N–H and O–H groups in total. The fourth-order valence-electron chi connectivity index (χ4n) is 1.27. The fraction of sp³-hybridized carbons (Fsp3) is 0.429. The van der Waals surface area contributed by atoms with E-state index in [2.05, 4.69) is 19.1 Å². The first kappa shape index (κ1) is 3.48. The van der Waals surface area contributed by atoms with E-state index in [-0.39, 0.29) is 0 Å². The standard InChI is InChI=1S/C7H8/c1-5-4-6-2-3-7(5)6/h2-3,5H,4H2,1H3. The molecule has 7 heavy (non-hydrogen) atoms. The van der Waals surface area contributed by atoms with Gasteiger partial charge in [-0.3, -0.25) is 0 Å². The molecule has 0 saturated carbocycles. The smallest absolute Gasteiger partial charge is 0.0147 e. The largest absolute Gasteiger partial charge is 0.0584 e. The quantitative estimate of drug-likeness (QED) is 0.428. The van der Waals surface area contributed by atoms with E-state index in [4.69, 9.17) is 0 Å². The predicted octanol–water partition coefficient (Wildman–Crippen LogP) is 1.89. The van der Waals surface area contributed by atoms with Gasteiger partial charge in [0, 0.05) is 0 Å². The van der Waals surface area contributed by atoms with Crippen molar-refractivity contribution in [2.45, 2.75) is 13.3 Å². The molecule has 0 amide bonds. The van der Waals surface area contributed by atoms with E-state index < -0.39 is 0 Å². The first-order valence-electron chi connectivity index (χ1n) is 2.79. The highest BCUT2D eigenvalue weighted by molar-refractivity contribution is 5.52. The van der Waals surface area contributed by atoms with Crippen molar-refractivity contribution in [1.29, 1.82) is 0 Å². The predicted molar refractivity (Wildman–Crippen MR) is 29.9 cm³/mol. The van der Waals surface area contributed by atoms with Crippen LogP contribution in [0.4, 0.5) is 0 Å². The van der Waals surface area contributed by atoms with E-state index in [1.165, 1.54) is 6.42 Å². The van der Waals surface area contributed by atoms with E-state index in [0.717, 1.165) is 5.92 Å². The van der Waals surface area contributed by atoms with Gasteiger partial charge in [0.05, 0.1) is 0 Å². The van der Waals surface area contributed by atoms with Crippen LogP contribution in [0.5, 0.6) is 0 Å². The topological polar surface area (TPSA) is 0 Å². The van der Waals surface area contributed by atoms with Crippen LogP contribution < -0.4 is 0 Å². The molecule has 0 aromatic carbocycles. The van der Waals surface area contributed by atoms with Gasteiger partial charge in [0.1, 0.15) is 0 Å².